The summed E-state index contributed by atoms with van der Waals surface area (Å²) in [6.07, 6.45) is 6.73. The maximum atomic E-state index is 12.1. The molecule has 0 bridgehead atoms. The van der Waals surface area contributed by atoms with E-state index in [0.29, 0.717) is 18.0 Å². The first kappa shape index (κ1) is 14.9. The standard InChI is InChI=1S/C14H17N7O2/c1-2-9(10-8-21-7-3-6-15-13(21)17-10)16-12(22)5-4-11-18-14(23)20-19-11/h3,6-9H,2,4-5H2,1H3,(H,16,22)(H2,18,19,20,23). The second-order valence-corrected chi connectivity index (χ2v) is 5.15. The fourth-order valence-electron chi connectivity index (χ4n) is 2.32. The molecule has 0 saturated heterocycles. The minimum absolute atomic E-state index is 0.120. The number of aromatic amines is 2. The van der Waals surface area contributed by atoms with Gasteiger partial charge in [0.2, 0.25) is 11.7 Å². The largest absolute Gasteiger partial charge is 0.348 e. The predicted octanol–water partition coefficient (Wildman–Crippen LogP) is 0.341. The molecule has 3 aromatic rings. The monoisotopic (exact) mass is 315 g/mol. The molecule has 0 saturated carbocycles. The Bertz CT molecular complexity index is 830. The van der Waals surface area contributed by atoms with Gasteiger partial charge in [-0.1, -0.05) is 6.92 Å². The van der Waals surface area contributed by atoms with Gasteiger partial charge in [-0.2, -0.15) is 5.10 Å². The van der Waals surface area contributed by atoms with Gasteiger partial charge < -0.3 is 5.32 Å². The van der Waals surface area contributed by atoms with E-state index in [-0.39, 0.29) is 24.1 Å². The third kappa shape index (κ3) is 3.44. The molecule has 0 aliphatic rings. The minimum atomic E-state index is -0.371. The van der Waals surface area contributed by atoms with Crippen LogP contribution in [-0.4, -0.2) is 35.5 Å². The number of hydrogen-bond donors (Lipinski definition) is 3. The summed E-state index contributed by atoms with van der Waals surface area (Å²) in [5, 5.41) is 9.00. The third-order valence-corrected chi connectivity index (χ3v) is 3.49. The van der Waals surface area contributed by atoms with Crippen LogP contribution in [0.1, 0.15) is 37.3 Å². The topological polar surface area (TPSA) is 121 Å². The summed E-state index contributed by atoms with van der Waals surface area (Å²) in [7, 11) is 0. The van der Waals surface area contributed by atoms with Gasteiger partial charge in [0.25, 0.3) is 0 Å². The first-order valence-corrected chi connectivity index (χ1v) is 7.38. The lowest BCUT2D eigenvalue weighted by Crippen LogP contribution is -2.28. The number of rotatable bonds is 6. The van der Waals surface area contributed by atoms with E-state index in [2.05, 4.69) is 30.5 Å². The van der Waals surface area contributed by atoms with E-state index in [1.807, 2.05) is 29.8 Å². The van der Waals surface area contributed by atoms with Crippen molar-refractivity contribution in [3.63, 3.8) is 0 Å². The molecule has 1 atom stereocenters. The van der Waals surface area contributed by atoms with E-state index in [0.717, 1.165) is 12.1 Å². The van der Waals surface area contributed by atoms with Crippen molar-refractivity contribution >= 4 is 11.7 Å². The summed E-state index contributed by atoms with van der Waals surface area (Å²) in [6, 6.07) is 1.64. The highest BCUT2D eigenvalue weighted by Gasteiger charge is 2.16. The zero-order chi connectivity index (χ0) is 16.2. The molecule has 0 spiro atoms. The number of carbonyl (C=O) groups is 1. The average Bonchev–Trinajstić information content (AvgIpc) is 3.16. The van der Waals surface area contributed by atoms with Gasteiger partial charge in [0, 0.05) is 31.4 Å². The van der Waals surface area contributed by atoms with Crippen molar-refractivity contribution in [1.82, 2.24) is 34.9 Å². The minimum Gasteiger partial charge on any atom is -0.348 e. The number of amides is 1. The van der Waals surface area contributed by atoms with Crippen LogP contribution in [0.2, 0.25) is 0 Å². The first-order valence-electron chi connectivity index (χ1n) is 7.38. The molecule has 0 aromatic carbocycles. The van der Waals surface area contributed by atoms with Crippen LogP contribution in [0, 0.1) is 0 Å². The van der Waals surface area contributed by atoms with Crippen molar-refractivity contribution in [2.75, 3.05) is 0 Å². The van der Waals surface area contributed by atoms with Crippen LogP contribution in [0.5, 0.6) is 0 Å². The molecule has 0 aliphatic heterocycles. The molecule has 9 nitrogen and oxygen atoms in total. The van der Waals surface area contributed by atoms with Crippen LogP contribution < -0.4 is 11.0 Å². The van der Waals surface area contributed by atoms with Crippen molar-refractivity contribution in [3.8, 4) is 0 Å². The Labute approximate surface area is 131 Å². The number of fused-ring (bicyclic) bond motifs is 1. The molecule has 1 unspecified atom stereocenters. The summed E-state index contributed by atoms with van der Waals surface area (Å²) in [5.41, 5.74) is 0.400. The second kappa shape index (κ2) is 6.42. The van der Waals surface area contributed by atoms with Gasteiger partial charge in [-0.25, -0.2) is 19.9 Å². The van der Waals surface area contributed by atoms with E-state index in [1.54, 1.807) is 6.20 Å². The van der Waals surface area contributed by atoms with Crippen molar-refractivity contribution in [2.45, 2.75) is 32.2 Å². The summed E-state index contributed by atoms with van der Waals surface area (Å²) in [4.78, 5) is 34.2. The average molecular weight is 315 g/mol. The van der Waals surface area contributed by atoms with Crippen LogP contribution in [0.3, 0.4) is 0 Å². The quantitative estimate of drug-likeness (QED) is 0.605. The molecule has 120 valence electrons. The molecule has 0 fully saturated rings. The lowest BCUT2D eigenvalue weighted by molar-refractivity contribution is -0.121. The van der Waals surface area contributed by atoms with Gasteiger partial charge >= 0.3 is 5.69 Å². The molecule has 23 heavy (non-hydrogen) atoms. The molecule has 9 heteroatoms. The second-order valence-electron chi connectivity index (χ2n) is 5.15. The van der Waals surface area contributed by atoms with Gasteiger partial charge in [-0.3, -0.25) is 14.2 Å². The normalized spacial score (nSPS) is 12.4. The number of imidazole rings is 1. The summed E-state index contributed by atoms with van der Waals surface area (Å²) in [5.74, 6) is 0.949. The number of H-pyrrole nitrogens is 2. The zero-order valence-electron chi connectivity index (χ0n) is 12.6. The Kier molecular flexibility index (Phi) is 4.18. The van der Waals surface area contributed by atoms with Crippen molar-refractivity contribution < 1.29 is 4.79 Å². The molecule has 3 N–H and O–H groups in total. The fraction of sp³-hybridized carbons (Fsp3) is 0.357. The van der Waals surface area contributed by atoms with Crippen molar-refractivity contribution in [1.29, 1.82) is 0 Å². The Morgan fingerprint density at radius 3 is 3.04 bits per heavy atom. The number of aromatic nitrogens is 6. The number of hydrogen-bond acceptors (Lipinski definition) is 5. The number of aryl methyl sites for hydroxylation is 1. The molecule has 1 amide bonds. The van der Waals surface area contributed by atoms with Crippen LogP contribution >= 0.6 is 0 Å². The zero-order valence-corrected chi connectivity index (χ0v) is 12.6. The van der Waals surface area contributed by atoms with Gasteiger partial charge in [0.1, 0.15) is 5.82 Å². The van der Waals surface area contributed by atoms with Crippen LogP contribution in [0.15, 0.2) is 29.5 Å². The summed E-state index contributed by atoms with van der Waals surface area (Å²) < 4.78 is 1.82. The molecular weight excluding hydrogens is 298 g/mol. The SMILES string of the molecule is CCC(NC(=O)CCc1n[nH]c(=O)[nH]1)c1cn2cccnc2n1. The highest BCUT2D eigenvalue weighted by Crippen LogP contribution is 2.16. The smallest absolute Gasteiger partial charge is 0.340 e. The van der Waals surface area contributed by atoms with Crippen LogP contribution in [0.25, 0.3) is 5.78 Å². The molecule has 3 aromatic heterocycles. The summed E-state index contributed by atoms with van der Waals surface area (Å²) in [6.45, 7) is 1.98. The Morgan fingerprint density at radius 2 is 2.35 bits per heavy atom. The van der Waals surface area contributed by atoms with Crippen molar-refractivity contribution in [3.05, 3.63) is 46.7 Å². The van der Waals surface area contributed by atoms with Gasteiger partial charge in [0.15, 0.2) is 0 Å². The first-order chi connectivity index (χ1) is 11.2. The molecule has 0 aliphatic carbocycles. The fourth-order valence-corrected chi connectivity index (χ4v) is 2.32. The Hall–Kier alpha value is -2.97. The Morgan fingerprint density at radius 1 is 1.48 bits per heavy atom. The predicted molar refractivity (Wildman–Crippen MR) is 81.7 cm³/mol. The number of nitrogens with one attached hydrogen (secondary N) is 3. The van der Waals surface area contributed by atoms with E-state index < -0.39 is 0 Å². The molecule has 0 radical (unpaired) electrons. The molecule has 3 heterocycles. The van der Waals surface area contributed by atoms with E-state index in [1.165, 1.54) is 0 Å². The van der Waals surface area contributed by atoms with Gasteiger partial charge in [-0.05, 0) is 12.5 Å². The highest BCUT2D eigenvalue weighted by molar-refractivity contribution is 5.76. The van der Waals surface area contributed by atoms with Crippen LogP contribution in [0.4, 0.5) is 0 Å². The molecule has 3 rings (SSSR count). The third-order valence-electron chi connectivity index (χ3n) is 3.49. The van der Waals surface area contributed by atoms with Gasteiger partial charge in [-0.15, -0.1) is 0 Å². The Balaban J connectivity index is 1.64. The van der Waals surface area contributed by atoms with E-state index >= 15 is 0 Å². The molecular formula is C14H17N7O2. The maximum absolute atomic E-state index is 12.1. The summed E-state index contributed by atoms with van der Waals surface area (Å²) >= 11 is 0. The van der Waals surface area contributed by atoms with E-state index in [9.17, 15) is 9.59 Å². The van der Waals surface area contributed by atoms with Gasteiger partial charge in [0.05, 0.1) is 11.7 Å². The lowest BCUT2D eigenvalue weighted by atomic mass is 10.1. The van der Waals surface area contributed by atoms with Crippen molar-refractivity contribution in [2.24, 2.45) is 0 Å². The van der Waals surface area contributed by atoms with Crippen LogP contribution in [-0.2, 0) is 11.2 Å². The van der Waals surface area contributed by atoms with E-state index in [4.69, 9.17) is 0 Å². The number of nitrogens with zero attached hydrogens (tertiary/aromatic N) is 4. The maximum Gasteiger partial charge on any atom is 0.340 e. The highest BCUT2D eigenvalue weighted by atomic mass is 16.2. The number of carbonyl (C=O) groups excluding carboxylic acids is 1. The lowest BCUT2D eigenvalue weighted by Gasteiger charge is -2.14.